The third-order valence-electron chi connectivity index (χ3n) is 3.91. The second-order valence-corrected chi connectivity index (χ2v) is 5.73. The maximum absolute atomic E-state index is 12.2. The second-order valence-electron chi connectivity index (χ2n) is 5.73. The van der Waals surface area contributed by atoms with Crippen LogP contribution in [0.25, 0.3) is 0 Å². The molecule has 0 spiro atoms. The van der Waals surface area contributed by atoms with E-state index < -0.39 is 0 Å². The lowest BCUT2D eigenvalue weighted by Crippen LogP contribution is -2.50. The smallest absolute Gasteiger partial charge is 0.243 e. The largest absolute Gasteiger partial charge is 0.326 e. The monoisotopic (exact) mass is 227 g/mol. The summed E-state index contributed by atoms with van der Waals surface area (Å²) in [6.07, 6.45) is 0.838. The van der Waals surface area contributed by atoms with Crippen molar-refractivity contribution in [2.24, 2.45) is 0 Å². The summed E-state index contributed by atoms with van der Waals surface area (Å²) in [4.78, 5) is 16.3. The molecule has 16 heavy (non-hydrogen) atoms. The third kappa shape index (κ3) is 2.38. The van der Waals surface area contributed by atoms with E-state index in [-0.39, 0.29) is 17.0 Å². The van der Waals surface area contributed by atoms with Gasteiger partial charge in [-0.05, 0) is 41.3 Å². The Morgan fingerprint density at radius 3 is 2.44 bits per heavy atom. The zero-order chi connectivity index (χ0) is 12.6. The Labute approximate surface area is 99.0 Å². The Bertz CT molecular complexity index is 275. The van der Waals surface area contributed by atoms with Crippen molar-refractivity contribution in [1.82, 2.24) is 15.1 Å². The number of carbonyl (C=O) groups is 1. The van der Waals surface area contributed by atoms with E-state index in [0.717, 1.165) is 13.0 Å². The molecular weight excluding hydrogens is 202 g/mol. The maximum atomic E-state index is 12.2. The number of amides is 1. The van der Waals surface area contributed by atoms with Gasteiger partial charge in [-0.15, -0.1) is 0 Å². The average Bonchev–Trinajstić information content (AvgIpc) is 2.47. The molecule has 4 heteroatoms. The molecule has 1 fully saturated rings. The van der Waals surface area contributed by atoms with Crippen molar-refractivity contribution in [2.45, 2.75) is 45.2 Å². The summed E-state index contributed by atoms with van der Waals surface area (Å²) in [5, 5.41) is 3.30. The van der Waals surface area contributed by atoms with Crippen LogP contribution in [0.3, 0.4) is 0 Å². The minimum absolute atomic E-state index is 0.0102. The first-order chi connectivity index (χ1) is 7.23. The van der Waals surface area contributed by atoms with Gasteiger partial charge in [0.1, 0.15) is 0 Å². The molecule has 1 aliphatic heterocycles. The van der Waals surface area contributed by atoms with Gasteiger partial charge in [0.05, 0.1) is 12.2 Å². The van der Waals surface area contributed by atoms with Crippen LogP contribution in [0.5, 0.6) is 0 Å². The van der Waals surface area contributed by atoms with Crippen LogP contribution in [0.4, 0.5) is 0 Å². The van der Waals surface area contributed by atoms with Crippen LogP contribution in [0.2, 0.25) is 0 Å². The second kappa shape index (κ2) is 4.34. The molecule has 0 aromatic rings. The molecule has 0 aromatic heterocycles. The third-order valence-corrected chi connectivity index (χ3v) is 3.91. The molecule has 1 N–H and O–H groups in total. The van der Waals surface area contributed by atoms with Gasteiger partial charge in [0.25, 0.3) is 0 Å². The van der Waals surface area contributed by atoms with E-state index in [1.165, 1.54) is 0 Å². The zero-order valence-corrected chi connectivity index (χ0v) is 11.4. The van der Waals surface area contributed by atoms with Crippen molar-refractivity contribution in [1.29, 1.82) is 0 Å². The average molecular weight is 227 g/mol. The Morgan fingerprint density at radius 2 is 2.06 bits per heavy atom. The first kappa shape index (κ1) is 13.5. The van der Waals surface area contributed by atoms with Gasteiger partial charge in [0.15, 0.2) is 0 Å². The van der Waals surface area contributed by atoms with Gasteiger partial charge in [-0.25, -0.2) is 0 Å². The van der Waals surface area contributed by atoms with E-state index in [2.05, 4.69) is 24.1 Å². The van der Waals surface area contributed by atoms with E-state index in [0.29, 0.717) is 6.67 Å². The fourth-order valence-electron chi connectivity index (χ4n) is 1.78. The molecule has 4 nitrogen and oxygen atoms in total. The fraction of sp³-hybridized carbons (Fsp3) is 0.917. The van der Waals surface area contributed by atoms with Gasteiger partial charge in [0, 0.05) is 12.1 Å². The van der Waals surface area contributed by atoms with E-state index in [1.807, 2.05) is 32.8 Å². The van der Waals surface area contributed by atoms with Crippen LogP contribution in [0.1, 0.15) is 34.1 Å². The molecule has 94 valence electrons. The molecule has 0 aromatic carbocycles. The fourth-order valence-corrected chi connectivity index (χ4v) is 1.78. The lowest BCUT2D eigenvalue weighted by Gasteiger charge is -2.36. The van der Waals surface area contributed by atoms with Crippen LogP contribution in [0, 0.1) is 0 Å². The Kier molecular flexibility index (Phi) is 3.65. The number of rotatable bonds is 4. The minimum Gasteiger partial charge on any atom is -0.326 e. The van der Waals surface area contributed by atoms with Crippen LogP contribution in [-0.4, -0.2) is 54.1 Å². The van der Waals surface area contributed by atoms with E-state index in [4.69, 9.17) is 0 Å². The van der Waals surface area contributed by atoms with Gasteiger partial charge in [-0.2, -0.15) is 0 Å². The molecule has 0 radical (unpaired) electrons. The summed E-state index contributed by atoms with van der Waals surface area (Å²) in [5.41, 5.74) is -0.348. The van der Waals surface area contributed by atoms with Crippen molar-refractivity contribution in [3.63, 3.8) is 0 Å². The summed E-state index contributed by atoms with van der Waals surface area (Å²) in [7, 11) is 4.10. The lowest BCUT2D eigenvalue weighted by atomic mass is 9.98. The predicted octanol–water partition coefficient (Wildman–Crippen LogP) is 0.885. The standard InChI is InChI=1S/C12H25N3O/c1-7-12(4)10(16)15(9-13-12)8-11(2,3)14(5)6/h13H,7-9H2,1-6H3. The van der Waals surface area contributed by atoms with Gasteiger partial charge < -0.3 is 9.80 Å². The van der Waals surface area contributed by atoms with Crippen LogP contribution < -0.4 is 5.32 Å². The van der Waals surface area contributed by atoms with E-state index in [9.17, 15) is 4.79 Å². The van der Waals surface area contributed by atoms with Crippen molar-refractivity contribution >= 4 is 5.91 Å². The number of nitrogens with one attached hydrogen (secondary N) is 1. The van der Waals surface area contributed by atoms with Gasteiger partial charge in [-0.1, -0.05) is 6.92 Å². The summed E-state index contributed by atoms with van der Waals surface area (Å²) < 4.78 is 0. The highest BCUT2D eigenvalue weighted by Crippen LogP contribution is 2.22. The van der Waals surface area contributed by atoms with Crippen molar-refractivity contribution in [3.05, 3.63) is 0 Å². The topological polar surface area (TPSA) is 35.6 Å². The Hall–Kier alpha value is -0.610. The molecule has 1 atom stereocenters. The van der Waals surface area contributed by atoms with Gasteiger partial charge >= 0.3 is 0 Å². The Balaban J connectivity index is 2.69. The first-order valence-electron chi connectivity index (χ1n) is 5.95. The lowest BCUT2D eigenvalue weighted by molar-refractivity contribution is -0.133. The van der Waals surface area contributed by atoms with E-state index in [1.54, 1.807) is 0 Å². The zero-order valence-electron chi connectivity index (χ0n) is 11.4. The molecule has 0 saturated carbocycles. The molecule has 0 aliphatic carbocycles. The number of likely N-dealkylation sites (N-methyl/N-ethyl adjacent to an activating group) is 1. The summed E-state index contributed by atoms with van der Waals surface area (Å²) in [6, 6.07) is 0. The van der Waals surface area contributed by atoms with Crippen LogP contribution in [-0.2, 0) is 4.79 Å². The molecule has 1 unspecified atom stereocenters. The number of hydrogen-bond acceptors (Lipinski definition) is 3. The molecular formula is C12H25N3O. The minimum atomic E-state index is -0.359. The molecule has 1 rings (SSSR count). The van der Waals surface area contributed by atoms with Gasteiger partial charge in [-0.3, -0.25) is 10.1 Å². The van der Waals surface area contributed by atoms with Crippen molar-refractivity contribution in [2.75, 3.05) is 27.3 Å². The molecule has 0 bridgehead atoms. The summed E-state index contributed by atoms with van der Waals surface area (Å²) in [5.74, 6) is 0.227. The molecule has 1 amide bonds. The summed E-state index contributed by atoms with van der Waals surface area (Å²) >= 11 is 0. The number of hydrogen-bond donors (Lipinski definition) is 1. The highest BCUT2D eigenvalue weighted by Gasteiger charge is 2.42. The maximum Gasteiger partial charge on any atom is 0.243 e. The normalized spacial score (nSPS) is 26.9. The van der Waals surface area contributed by atoms with Crippen molar-refractivity contribution < 1.29 is 4.79 Å². The molecule has 1 saturated heterocycles. The van der Waals surface area contributed by atoms with Crippen molar-refractivity contribution in [3.8, 4) is 0 Å². The SMILES string of the molecule is CCC1(C)NCN(CC(C)(C)N(C)C)C1=O. The highest BCUT2D eigenvalue weighted by molar-refractivity contribution is 5.87. The van der Waals surface area contributed by atoms with Crippen LogP contribution in [0.15, 0.2) is 0 Å². The number of nitrogens with zero attached hydrogens (tertiary/aromatic N) is 2. The molecule has 1 heterocycles. The van der Waals surface area contributed by atoms with Gasteiger partial charge in [0.2, 0.25) is 5.91 Å². The molecule has 1 aliphatic rings. The van der Waals surface area contributed by atoms with E-state index >= 15 is 0 Å². The number of carbonyl (C=O) groups excluding carboxylic acids is 1. The highest BCUT2D eigenvalue weighted by atomic mass is 16.2. The van der Waals surface area contributed by atoms with Crippen LogP contribution >= 0.6 is 0 Å². The Morgan fingerprint density at radius 1 is 1.50 bits per heavy atom. The quantitative estimate of drug-likeness (QED) is 0.774. The summed E-state index contributed by atoms with van der Waals surface area (Å²) in [6.45, 7) is 9.77. The first-order valence-corrected chi connectivity index (χ1v) is 5.95. The predicted molar refractivity (Wildman–Crippen MR) is 66.2 cm³/mol.